The van der Waals surface area contributed by atoms with Gasteiger partial charge in [-0.2, -0.15) is 0 Å². The van der Waals surface area contributed by atoms with Crippen molar-refractivity contribution in [2.24, 2.45) is 5.92 Å². The van der Waals surface area contributed by atoms with Crippen LogP contribution in [-0.4, -0.2) is 6.29 Å². The maximum atomic E-state index is 10.0. The third-order valence-corrected chi connectivity index (χ3v) is 2.45. The summed E-state index contributed by atoms with van der Waals surface area (Å²) in [6, 6.07) is 0. The van der Waals surface area contributed by atoms with Crippen LogP contribution in [0.5, 0.6) is 0 Å². The van der Waals surface area contributed by atoms with Gasteiger partial charge in [-0.3, -0.25) is 4.79 Å². The van der Waals surface area contributed by atoms with Crippen molar-refractivity contribution in [2.45, 2.75) is 58.8 Å². The van der Waals surface area contributed by atoms with Crippen LogP contribution in [0.25, 0.3) is 0 Å². The van der Waals surface area contributed by atoms with E-state index < -0.39 is 0 Å². The molecule has 1 unspecified atom stereocenters. The molecule has 0 N–H and O–H groups in total. The van der Waals surface area contributed by atoms with Gasteiger partial charge in [0.2, 0.25) is 0 Å². The minimum atomic E-state index is 0.630. The van der Waals surface area contributed by atoms with Crippen LogP contribution in [0.15, 0.2) is 0 Å². The SMILES string of the molecule is CCCCCC(CC)CC[C]=O. The average Bonchev–Trinajstić information content (AvgIpc) is 2.11. The van der Waals surface area contributed by atoms with Crippen molar-refractivity contribution in [3.8, 4) is 0 Å². The minimum Gasteiger partial charge on any atom is -0.291 e. The van der Waals surface area contributed by atoms with Gasteiger partial charge < -0.3 is 0 Å². The molecule has 1 nitrogen and oxygen atoms in total. The zero-order valence-electron chi connectivity index (χ0n) is 8.44. The van der Waals surface area contributed by atoms with Crippen molar-refractivity contribution in [1.29, 1.82) is 0 Å². The van der Waals surface area contributed by atoms with Gasteiger partial charge in [-0.1, -0.05) is 46.0 Å². The fourth-order valence-electron chi connectivity index (χ4n) is 1.50. The van der Waals surface area contributed by atoms with Gasteiger partial charge in [0.15, 0.2) is 6.29 Å². The van der Waals surface area contributed by atoms with Crippen LogP contribution in [0.2, 0.25) is 0 Å². The Balaban J connectivity index is 3.32. The largest absolute Gasteiger partial charge is 0.291 e. The monoisotopic (exact) mass is 169 g/mol. The summed E-state index contributed by atoms with van der Waals surface area (Å²) in [4.78, 5) is 10.0. The Morgan fingerprint density at radius 3 is 2.42 bits per heavy atom. The van der Waals surface area contributed by atoms with Gasteiger partial charge in [0.1, 0.15) is 0 Å². The summed E-state index contributed by atoms with van der Waals surface area (Å²) in [6.07, 6.45) is 10.1. The lowest BCUT2D eigenvalue weighted by Crippen LogP contribution is -1.99. The molecule has 0 fully saturated rings. The summed E-state index contributed by atoms with van der Waals surface area (Å²) in [5, 5.41) is 0. The summed E-state index contributed by atoms with van der Waals surface area (Å²) in [5.41, 5.74) is 0. The number of hydrogen-bond acceptors (Lipinski definition) is 1. The third kappa shape index (κ3) is 6.38. The highest BCUT2D eigenvalue weighted by molar-refractivity contribution is 5.50. The third-order valence-electron chi connectivity index (χ3n) is 2.45. The van der Waals surface area contributed by atoms with E-state index in [4.69, 9.17) is 0 Å². The van der Waals surface area contributed by atoms with Crippen LogP contribution in [-0.2, 0) is 4.79 Å². The molecule has 0 spiro atoms. The quantitative estimate of drug-likeness (QED) is 0.508. The van der Waals surface area contributed by atoms with Crippen LogP contribution >= 0.6 is 0 Å². The van der Waals surface area contributed by atoms with Gasteiger partial charge in [-0.05, 0) is 12.3 Å². The fraction of sp³-hybridized carbons (Fsp3) is 0.909. The Hall–Kier alpha value is -0.330. The molecule has 0 bridgehead atoms. The summed E-state index contributed by atoms with van der Waals surface area (Å²) in [6.45, 7) is 4.43. The minimum absolute atomic E-state index is 0.630. The van der Waals surface area contributed by atoms with Crippen LogP contribution < -0.4 is 0 Å². The smallest absolute Gasteiger partial charge is 0.198 e. The van der Waals surface area contributed by atoms with Gasteiger partial charge in [0, 0.05) is 6.42 Å². The lowest BCUT2D eigenvalue weighted by atomic mass is 9.94. The second kappa shape index (κ2) is 8.76. The molecule has 0 aliphatic rings. The molecule has 71 valence electrons. The zero-order chi connectivity index (χ0) is 9.23. The zero-order valence-corrected chi connectivity index (χ0v) is 8.44. The van der Waals surface area contributed by atoms with E-state index in [-0.39, 0.29) is 0 Å². The van der Waals surface area contributed by atoms with Crippen molar-refractivity contribution in [1.82, 2.24) is 0 Å². The lowest BCUT2D eigenvalue weighted by molar-refractivity contribution is 0.418. The second-order valence-corrected chi connectivity index (χ2v) is 3.45. The summed E-state index contributed by atoms with van der Waals surface area (Å²) >= 11 is 0. The van der Waals surface area contributed by atoms with Crippen LogP contribution in [0.1, 0.15) is 58.8 Å². The Labute approximate surface area is 76.6 Å². The number of hydrogen-bond donors (Lipinski definition) is 0. The maximum Gasteiger partial charge on any atom is 0.198 e. The summed E-state index contributed by atoms with van der Waals surface area (Å²) < 4.78 is 0. The van der Waals surface area contributed by atoms with Crippen molar-refractivity contribution in [2.75, 3.05) is 0 Å². The van der Waals surface area contributed by atoms with E-state index >= 15 is 0 Å². The maximum absolute atomic E-state index is 10.0. The van der Waals surface area contributed by atoms with Gasteiger partial charge in [0.05, 0.1) is 0 Å². The van der Waals surface area contributed by atoms with Gasteiger partial charge >= 0.3 is 0 Å². The lowest BCUT2D eigenvalue weighted by Gasteiger charge is -2.11. The Kier molecular flexibility index (Phi) is 8.52. The van der Waals surface area contributed by atoms with E-state index in [9.17, 15) is 4.79 Å². The first-order valence-corrected chi connectivity index (χ1v) is 5.20. The molecule has 0 rings (SSSR count). The van der Waals surface area contributed by atoms with Gasteiger partial charge in [0.25, 0.3) is 0 Å². The van der Waals surface area contributed by atoms with E-state index in [0.717, 1.165) is 12.3 Å². The van der Waals surface area contributed by atoms with Crippen LogP contribution in [0.3, 0.4) is 0 Å². The Morgan fingerprint density at radius 1 is 1.17 bits per heavy atom. The van der Waals surface area contributed by atoms with E-state index in [2.05, 4.69) is 13.8 Å². The first kappa shape index (κ1) is 11.7. The predicted octanol–water partition coefficient (Wildman–Crippen LogP) is 3.48. The van der Waals surface area contributed by atoms with Crippen LogP contribution in [0, 0.1) is 5.92 Å². The Bertz CT molecular complexity index is 99.2. The molecule has 0 saturated carbocycles. The molecular weight excluding hydrogens is 148 g/mol. The molecule has 1 heteroatoms. The first-order valence-electron chi connectivity index (χ1n) is 5.20. The summed E-state index contributed by atoms with van der Waals surface area (Å²) in [5.74, 6) is 0.762. The molecule has 12 heavy (non-hydrogen) atoms. The number of carbonyl (C=O) groups excluding carboxylic acids is 1. The highest BCUT2D eigenvalue weighted by Gasteiger charge is 2.04. The highest BCUT2D eigenvalue weighted by Crippen LogP contribution is 2.18. The number of unbranched alkanes of at least 4 members (excludes halogenated alkanes) is 2. The van der Waals surface area contributed by atoms with Crippen LogP contribution in [0.4, 0.5) is 0 Å². The van der Waals surface area contributed by atoms with Crippen molar-refractivity contribution < 1.29 is 4.79 Å². The van der Waals surface area contributed by atoms with E-state index in [0.29, 0.717) is 6.42 Å². The van der Waals surface area contributed by atoms with Crippen molar-refractivity contribution >= 4 is 6.29 Å². The van der Waals surface area contributed by atoms with Crippen molar-refractivity contribution in [3.05, 3.63) is 0 Å². The number of rotatable bonds is 8. The molecule has 0 aromatic heterocycles. The normalized spacial score (nSPS) is 12.8. The topological polar surface area (TPSA) is 17.1 Å². The molecular formula is C11H21O. The standard InChI is InChI=1S/C11H21O/c1-3-5-6-8-11(4-2)9-7-10-12/h11H,3-9H2,1-2H3. The predicted molar refractivity (Wildman–Crippen MR) is 52.9 cm³/mol. The highest BCUT2D eigenvalue weighted by atomic mass is 16.1. The average molecular weight is 169 g/mol. The molecule has 0 aliphatic carbocycles. The van der Waals surface area contributed by atoms with E-state index in [1.807, 2.05) is 6.29 Å². The molecule has 0 heterocycles. The molecule has 1 radical (unpaired) electrons. The Morgan fingerprint density at radius 2 is 1.92 bits per heavy atom. The fourth-order valence-corrected chi connectivity index (χ4v) is 1.50. The van der Waals surface area contributed by atoms with Gasteiger partial charge in [-0.25, -0.2) is 0 Å². The van der Waals surface area contributed by atoms with Crippen molar-refractivity contribution in [3.63, 3.8) is 0 Å². The van der Waals surface area contributed by atoms with E-state index in [1.165, 1.54) is 32.1 Å². The molecule has 0 saturated heterocycles. The molecule has 1 atom stereocenters. The summed E-state index contributed by atoms with van der Waals surface area (Å²) in [7, 11) is 0. The molecule has 0 amide bonds. The van der Waals surface area contributed by atoms with E-state index in [1.54, 1.807) is 0 Å². The molecule has 0 aromatic rings. The first-order chi connectivity index (χ1) is 5.85. The molecule has 0 aliphatic heterocycles. The van der Waals surface area contributed by atoms with Gasteiger partial charge in [-0.15, -0.1) is 0 Å². The second-order valence-electron chi connectivity index (χ2n) is 3.45. The molecule has 0 aromatic carbocycles.